The summed E-state index contributed by atoms with van der Waals surface area (Å²) < 4.78 is 0. The minimum atomic E-state index is 0.905. The number of anilines is 4. The number of nitrogens with one attached hydrogen (secondary N) is 2. The quantitative estimate of drug-likeness (QED) is 0.267. The monoisotopic (exact) mass is 368 g/mol. The smallest absolute Gasteiger partial charge is 0.0916 e. The predicted octanol–water partition coefficient (Wildman–Crippen LogP) is 6.71. The summed E-state index contributed by atoms with van der Waals surface area (Å²) in [6, 6.07) is 18.9. The summed E-state index contributed by atoms with van der Waals surface area (Å²) in [4.78, 5) is 9.56. The van der Waals surface area contributed by atoms with Gasteiger partial charge in [0.2, 0.25) is 0 Å². The normalized spacial score (nSPS) is 12.3. The van der Waals surface area contributed by atoms with Crippen molar-refractivity contribution in [2.75, 3.05) is 10.6 Å². The Morgan fingerprint density at radius 1 is 0.643 bits per heavy atom. The number of hydrogen-bond donors (Lipinski definition) is 2. The van der Waals surface area contributed by atoms with Crippen LogP contribution in [0.4, 0.5) is 22.7 Å². The second-order valence-electron chi connectivity index (χ2n) is 7.54. The average molecular weight is 368 g/mol. The molecule has 0 radical (unpaired) electrons. The highest BCUT2D eigenvalue weighted by atomic mass is 15.0. The lowest BCUT2D eigenvalue weighted by Crippen LogP contribution is -2.07. The standard InChI is InChI=1S/C24H24N4/c1-2-3-4-5-8-16-11-12-19-20(13-16)28-24-15-22-21(14-23(24)27-19)25-17-9-6-7-10-18(17)26-22/h6-7,9-15,27-28H,2-5,8H2,1H3. The van der Waals surface area contributed by atoms with E-state index in [9.17, 15) is 0 Å². The lowest BCUT2D eigenvalue weighted by molar-refractivity contribution is 0.667. The number of nitrogens with zero attached hydrogens (tertiary/aromatic N) is 2. The maximum absolute atomic E-state index is 4.79. The van der Waals surface area contributed by atoms with E-state index in [4.69, 9.17) is 9.97 Å². The largest absolute Gasteiger partial charge is 0.352 e. The van der Waals surface area contributed by atoms with Crippen LogP contribution in [0.2, 0.25) is 0 Å². The van der Waals surface area contributed by atoms with Gasteiger partial charge in [0.1, 0.15) is 0 Å². The fourth-order valence-corrected chi connectivity index (χ4v) is 3.88. The summed E-state index contributed by atoms with van der Waals surface area (Å²) in [6.07, 6.45) is 6.29. The molecule has 1 aliphatic rings. The van der Waals surface area contributed by atoms with E-state index in [-0.39, 0.29) is 0 Å². The third-order valence-electron chi connectivity index (χ3n) is 5.42. The van der Waals surface area contributed by atoms with Gasteiger partial charge < -0.3 is 10.6 Å². The molecule has 2 N–H and O–H groups in total. The number of fused-ring (bicyclic) bond motifs is 4. The number of para-hydroxylation sites is 2. The summed E-state index contributed by atoms with van der Waals surface area (Å²) in [5.41, 5.74) is 9.38. The van der Waals surface area contributed by atoms with Crippen LogP contribution in [0.5, 0.6) is 0 Å². The molecule has 0 saturated heterocycles. The second kappa shape index (κ2) is 7.12. The van der Waals surface area contributed by atoms with E-state index < -0.39 is 0 Å². The topological polar surface area (TPSA) is 49.8 Å². The van der Waals surface area contributed by atoms with E-state index in [0.29, 0.717) is 0 Å². The molecule has 5 rings (SSSR count). The van der Waals surface area contributed by atoms with Gasteiger partial charge in [-0.1, -0.05) is 44.4 Å². The molecular weight excluding hydrogens is 344 g/mol. The Bertz CT molecular complexity index is 1170. The summed E-state index contributed by atoms with van der Waals surface area (Å²) in [5.74, 6) is 0. The molecule has 0 spiro atoms. The maximum atomic E-state index is 4.79. The van der Waals surface area contributed by atoms with E-state index in [1.165, 1.54) is 31.2 Å². The van der Waals surface area contributed by atoms with E-state index in [1.54, 1.807) is 0 Å². The van der Waals surface area contributed by atoms with E-state index >= 15 is 0 Å². The molecule has 0 atom stereocenters. The van der Waals surface area contributed by atoms with E-state index in [0.717, 1.165) is 51.2 Å². The number of unbranched alkanes of at least 4 members (excludes halogenated alkanes) is 3. The van der Waals surface area contributed by atoms with Crippen molar-refractivity contribution in [3.63, 3.8) is 0 Å². The Hall–Kier alpha value is -3.14. The van der Waals surface area contributed by atoms with Crippen LogP contribution in [0, 0.1) is 0 Å². The van der Waals surface area contributed by atoms with Crippen LogP contribution in [0.15, 0.2) is 54.6 Å². The summed E-state index contributed by atoms with van der Waals surface area (Å²) >= 11 is 0. The van der Waals surface area contributed by atoms with Crippen molar-refractivity contribution in [1.82, 2.24) is 9.97 Å². The van der Waals surface area contributed by atoms with Gasteiger partial charge in [-0.15, -0.1) is 0 Å². The summed E-state index contributed by atoms with van der Waals surface area (Å²) in [7, 11) is 0. The number of aromatic nitrogens is 2. The van der Waals surface area contributed by atoms with Crippen LogP contribution >= 0.6 is 0 Å². The SMILES string of the molecule is CCCCCCc1ccc2c(c1)Nc1cc3nc4ccccc4nc3cc1N2. The highest BCUT2D eigenvalue weighted by Crippen LogP contribution is 2.40. The van der Waals surface area contributed by atoms with Crippen molar-refractivity contribution in [3.8, 4) is 0 Å². The van der Waals surface area contributed by atoms with Crippen molar-refractivity contribution < 1.29 is 0 Å². The van der Waals surface area contributed by atoms with Gasteiger partial charge in [-0.05, 0) is 54.8 Å². The molecule has 2 heterocycles. The first kappa shape index (κ1) is 17.0. The highest BCUT2D eigenvalue weighted by Gasteiger charge is 2.16. The predicted molar refractivity (Wildman–Crippen MR) is 118 cm³/mol. The Labute approximate surface area is 165 Å². The Kier molecular flexibility index (Phi) is 4.32. The zero-order valence-corrected chi connectivity index (χ0v) is 16.1. The van der Waals surface area contributed by atoms with Crippen LogP contribution in [0.1, 0.15) is 38.2 Å². The van der Waals surface area contributed by atoms with Crippen LogP contribution < -0.4 is 10.6 Å². The third-order valence-corrected chi connectivity index (χ3v) is 5.42. The molecule has 1 aliphatic heterocycles. The minimum Gasteiger partial charge on any atom is -0.352 e. The van der Waals surface area contributed by atoms with Crippen molar-refractivity contribution in [3.05, 3.63) is 60.2 Å². The molecule has 0 aliphatic carbocycles. The molecule has 140 valence electrons. The molecule has 3 aromatic carbocycles. The zero-order chi connectivity index (χ0) is 18.9. The first-order valence-electron chi connectivity index (χ1n) is 10.2. The summed E-state index contributed by atoms with van der Waals surface area (Å²) in [6.45, 7) is 2.25. The first-order chi connectivity index (χ1) is 13.8. The van der Waals surface area contributed by atoms with Crippen LogP contribution in [0.3, 0.4) is 0 Å². The molecule has 0 bridgehead atoms. The first-order valence-corrected chi connectivity index (χ1v) is 10.2. The Morgan fingerprint density at radius 2 is 1.29 bits per heavy atom. The van der Waals surface area contributed by atoms with Gasteiger partial charge in [0.05, 0.1) is 44.8 Å². The molecule has 4 nitrogen and oxygen atoms in total. The Morgan fingerprint density at radius 3 is 1.96 bits per heavy atom. The molecular formula is C24H24N4. The van der Waals surface area contributed by atoms with Gasteiger partial charge in [0.25, 0.3) is 0 Å². The van der Waals surface area contributed by atoms with Gasteiger partial charge in [0.15, 0.2) is 0 Å². The van der Waals surface area contributed by atoms with Gasteiger partial charge in [-0.3, -0.25) is 0 Å². The summed E-state index contributed by atoms with van der Waals surface area (Å²) in [5, 5.41) is 7.15. The van der Waals surface area contributed by atoms with E-state index in [2.05, 4.69) is 47.9 Å². The maximum Gasteiger partial charge on any atom is 0.0916 e. The van der Waals surface area contributed by atoms with Crippen molar-refractivity contribution >= 4 is 44.8 Å². The fourth-order valence-electron chi connectivity index (χ4n) is 3.88. The zero-order valence-electron chi connectivity index (χ0n) is 16.1. The molecule has 0 saturated carbocycles. The molecule has 4 heteroatoms. The van der Waals surface area contributed by atoms with Gasteiger partial charge >= 0.3 is 0 Å². The minimum absolute atomic E-state index is 0.905. The molecule has 0 amide bonds. The van der Waals surface area contributed by atoms with Gasteiger partial charge in [0, 0.05) is 0 Å². The highest BCUT2D eigenvalue weighted by molar-refractivity contribution is 5.98. The van der Waals surface area contributed by atoms with Crippen molar-refractivity contribution in [2.24, 2.45) is 0 Å². The second-order valence-corrected chi connectivity index (χ2v) is 7.54. The lowest BCUT2D eigenvalue weighted by atomic mass is 10.0. The number of rotatable bonds is 5. The van der Waals surface area contributed by atoms with Crippen LogP contribution in [-0.2, 0) is 6.42 Å². The van der Waals surface area contributed by atoms with Crippen molar-refractivity contribution in [2.45, 2.75) is 39.0 Å². The van der Waals surface area contributed by atoms with E-state index in [1.807, 2.05) is 24.3 Å². The number of aryl methyl sites for hydroxylation is 1. The lowest BCUT2D eigenvalue weighted by Gasteiger charge is -2.24. The van der Waals surface area contributed by atoms with Crippen molar-refractivity contribution in [1.29, 1.82) is 0 Å². The third kappa shape index (κ3) is 3.15. The van der Waals surface area contributed by atoms with Crippen LogP contribution in [-0.4, -0.2) is 9.97 Å². The molecule has 28 heavy (non-hydrogen) atoms. The number of benzene rings is 3. The Balaban J connectivity index is 1.46. The molecule has 0 unspecified atom stereocenters. The van der Waals surface area contributed by atoms with Crippen LogP contribution in [0.25, 0.3) is 22.1 Å². The molecule has 0 fully saturated rings. The number of hydrogen-bond acceptors (Lipinski definition) is 4. The fraction of sp³-hybridized carbons (Fsp3) is 0.250. The molecule has 4 aromatic rings. The van der Waals surface area contributed by atoms with Gasteiger partial charge in [-0.2, -0.15) is 0 Å². The molecule has 1 aromatic heterocycles. The van der Waals surface area contributed by atoms with Gasteiger partial charge in [-0.25, -0.2) is 9.97 Å². The average Bonchev–Trinajstić information content (AvgIpc) is 2.72.